The van der Waals surface area contributed by atoms with Gasteiger partial charge in [-0.25, -0.2) is 9.78 Å². The SMILES string of the molecule is CC1=CCC(C(C)C)C2CC(O)C/C=C\CC(OC(=O)/C=C/c3cn(C)cn3)CC12. The van der Waals surface area contributed by atoms with Gasteiger partial charge in [0.05, 0.1) is 18.1 Å². The number of carbonyl (C=O) groups is 1. The molecule has 5 unspecified atom stereocenters. The molecule has 1 aromatic rings. The van der Waals surface area contributed by atoms with Crippen LogP contribution in [-0.4, -0.2) is 32.8 Å². The molecule has 1 N–H and O–H groups in total. The molecule has 2 aliphatic carbocycles. The number of hydrogen-bond acceptors (Lipinski definition) is 4. The molecule has 5 heteroatoms. The second-order valence-corrected chi connectivity index (χ2v) is 9.29. The fraction of sp³-hybridized carbons (Fsp3) is 0.600. The van der Waals surface area contributed by atoms with Crippen LogP contribution in [0.25, 0.3) is 6.08 Å². The van der Waals surface area contributed by atoms with Crippen molar-refractivity contribution in [2.75, 3.05) is 0 Å². The zero-order valence-corrected chi connectivity index (χ0v) is 18.7. The molecule has 0 aliphatic heterocycles. The Morgan fingerprint density at radius 1 is 1.27 bits per heavy atom. The largest absolute Gasteiger partial charge is 0.459 e. The highest BCUT2D eigenvalue weighted by Gasteiger charge is 2.37. The summed E-state index contributed by atoms with van der Waals surface area (Å²) >= 11 is 0. The minimum absolute atomic E-state index is 0.167. The van der Waals surface area contributed by atoms with Gasteiger partial charge in [0.15, 0.2) is 0 Å². The van der Waals surface area contributed by atoms with Gasteiger partial charge in [-0.3, -0.25) is 0 Å². The Bertz CT molecular complexity index is 805. The number of esters is 1. The molecule has 5 nitrogen and oxygen atoms in total. The number of ether oxygens (including phenoxy) is 1. The van der Waals surface area contributed by atoms with Crippen LogP contribution in [0.15, 0.2) is 42.4 Å². The van der Waals surface area contributed by atoms with E-state index in [-0.39, 0.29) is 18.2 Å². The third-order valence-corrected chi connectivity index (χ3v) is 6.65. The first-order valence-corrected chi connectivity index (χ1v) is 11.2. The molecule has 5 atom stereocenters. The Morgan fingerprint density at radius 3 is 2.73 bits per heavy atom. The lowest BCUT2D eigenvalue weighted by Crippen LogP contribution is -2.36. The van der Waals surface area contributed by atoms with Gasteiger partial charge in [0.25, 0.3) is 0 Å². The van der Waals surface area contributed by atoms with Crippen LogP contribution in [0.2, 0.25) is 0 Å². The summed E-state index contributed by atoms with van der Waals surface area (Å²) in [6, 6.07) is 0. The Hall–Kier alpha value is -2.14. The van der Waals surface area contributed by atoms with Crippen molar-refractivity contribution in [3.63, 3.8) is 0 Å². The van der Waals surface area contributed by atoms with Gasteiger partial charge in [0.2, 0.25) is 0 Å². The minimum Gasteiger partial charge on any atom is -0.459 e. The zero-order valence-electron chi connectivity index (χ0n) is 18.7. The van der Waals surface area contributed by atoms with Gasteiger partial charge in [0, 0.05) is 25.7 Å². The Kier molecular flexibility index (Phi) is 7.70. The summed E-state index contributed by atoms with van der Waals surface area (Å²) in [4.78, 5) is 16.7. The highest BCUT2D eigenvalue weighted by atomic mass is 16.5. The molecule has 164 valence electrons. The summed E-state index contributed by atoms with van der Waals surface area (Å²) in [6.07, 6.45) is 16.7. The molecule has 0 fully saturated rings. The summed E-state index contributed by atoms with van der Waals surface area (Å²) in [7, 11) is 1.90. The van der Waals surface area contributed by atoms with E-state index in [0.29, 0.717) is 36.5 Å². The fourth-order valence-electron chi connectivity index (χ4n) is 5.01. The number of aliphatic hydroxyl groups is 1. The van der Waals surface area contributed by atoms with E-state index in [4.69, 9.17) is 4.74 Å². The predicted molar refractivity (Wildman–Crippen MR) is 119 cm³/mol. The van der Waals surface area contributed by atoms with E-state index in [1.165, 1.54) is 11.6 Å². The van der Waals surface area contributed by atoms with Crippen LogP contribution in [0.5, 0.6) is 0 Å². The molecule has 0 spiro atoms. The van der Waals surface area contributed by atoms with Gasteiger partial charge in [-0.1, -0.05) is 37.6 Å². The minimum atomic E-state index is -0.328. The van der Waals surface area contributed by atoms with E-state index in [9.17, 15) is 9.90 Å². The van der Waals surface area contributed by atoms with Crippen LogP contribution in [0, 0.1) is 23.7 Å². The highest BCUT2D eigenvalue weighted by Crippen LogP contribution is 2.44. The van der Waals surface area contributed by atoms with Crippen molar-refractivity contribution in [1.29, 1.82) is 0 Å². The Morgan fingerprint density at radius 2 is 2.03 bits per heavy atom. The first-order chi connectivity index (χ1) is 14.3. The average molecular weight is 413 g/mol. The monoisotopic (exact) mass is 412 g/mol. The van der Waals surface area contributed by atoms with Crippen molar-refractivity contribution in [2.24, 2.45) is 30.7 Å². The highest BCUT2D eigenvalue weighted by molar-refractivity contribution is 5.86. The molecular formula is C25H36N2O3. The first-order valence-electron chi connectivity index (χ1n) is 11.2. The number of aromatic nitrogens is 2. The van der Waals surface area contributed by atoms with Crippen LogP contribution >= 0.6 is 0 Å². The number of nitrogens with zero attached hydrogens (tertiary/aromatic N) is 2. The summed E-state index contributed by atoms with van der Waals surface area (Å²) < 4.78 is 7.71. The normalized spacial score (nSPS) is 31.3. The number of aryl methyl sites for hydroxylation is 1. The lowest BCUT2D eigenvalue weighted by atomic mass is 9.64. The standard InChI is InChI=1S/C25H36N2O3/c1-17(2)22-11-9-18(3)23-14-21(8-6-5-7-20(28)13-24(22)23)30-25(29)12-10-19-15-27(4)16-26-19/h5-6,9-10,12,15-17,20-24,28H,7-8,11,13-14H2,1-4H3/b6-5-,12-10+. The fourth-order valence-corrected chi connectivity index (χ4v) is 5.01. The van der Waals surface area contributed by atoms with Gasteiger partial charge in [-0.05, 0) is 62.4 Å². The Balaban J connectivity index is 1.75. The second kappa shape index (κ2) is 10.3. The molecule has 0 aromatic carbocycles. The third kappa shape index (κ3) is 5.94. The van der Waals surface area contributed by atoms with E-state index in [1.807, 2.05) is 30.0 Å². The molecule has 3 rings (SSSR count). The van der Waals surface area contributed by atoms with E-state index in [0.717, 1.165) is 25.0 Å². The van der Waals surface area contributed by atoms with E-state index >= 15 is 0 Å². The quantitative estimate of drug-likeness (QED) is 0.443. The lowest BCUT2D eigenvalue weighted by molar-refractivity contribution is -0.143. The Labute approximate surface area is 180 Å². The third-order valence-electron chi connectivity index (χ3n) is 6.65. The maximum atomic E-state index is 12.5. The lowest BCUT2D eigenvalue weighted by Gasteiger charge is -2.42. The number of imidazole rings is 1. The molecule has 2 aliphatic rings. The predicted octanol–water partition coefficient (Wildman–Crippen LogP) is 4.69. The van der Waals surface area contributed by atoms with Crippen molar-refractivity contribution in [3.8, 4) is 0 Å². The summed E-state index contributed by atoms with van der Waals surface area (Å²) in [5.41, 5.74) is 2.11. The number of hydrogen-bond donors (Lipinski definition) is 1. The number of rotatable bonds is 4. The van der Waals surface area contributed by atoms with Gasteiger partial charge in [-0.2, -0.15) is 0 Å². The summed E-state index contributed by atoms with van der Waals surface area (Å²) in [6.45, 7) is 6.75. The number of aliphatic hydroxyl groups excluding tert-OH is 1. The van der Waals surface area contributed by atoms with Crippen molar-refractivity contribution in [2.45, 2.75) is 65.1 Å². The van der Waals surface area contributed by atoms with Crippen LogP contribution in [0.1, 0.15) is 58.6 Å². The van der Waals surface area contributed by atoms with Crippen molar-refractivity contribution >= 4 is 12.0 Å². The van der Waals surface area contributed by atoms with E-state index in [2.05, 4.69) is 31.8 Å². The second-order valence-electron chi connectivity index (χ2n) is 9.29. The zero-order chi connectivity index (χ0) is 21.7. The topological polar surface area (TPSA) is 64.3 Å². The van der Waals surface area contributed by atoms with Gasteiger partial charge in [-0.15, -0.1) is 0 Å². The van der Waals surface area contributed by atoms with E-state index in [1.54, 1.807) is 12.4 Å². The molecular weight excluding hydrogens is 376 g/mol. The molecule has 0 saturated carbocycles. The smallest absolute Gasteiger partial charge is 0.331 e. The van der Waals surface area contributed by atoms with Crippen molar-refractivity contribution in [3.05, 3.63) is 48.1 Å². The maximum absolute atomic E-state index is 12.5. The molecule has 0 saturated heterocycles. The van der Waals surface area contributed by atoms with Crippen LogP contribution in [0.3, 0.4) is 0 Å². The number of allylic oxidation sites excluding steroid dienone is 2. The summed E-state index contributed by atoms with van der Waals surface area (Å²) in [5.74, 6) is 1.55. The molecule has 0 amide bonds. The van der Waals surface area contributed by atoms with Gasteiger partial charge < -0.3 is 14.4 Å². The number of carbonyl (C=O) groups excluding carboxylic acids is 1. The molecule has 0 bridgehead atoms. The van der Waals surface area contributed by atoms with Crippen LogP contribution in [-0.2, 0) is 16.6 Å². The van der Waals surface area contributed by atoms with Gasteiger partial charge in [0.1, 0.15) is 6.10 Å². The van der Waals surface area contributed by atoms with E-state index < -0.39 is 0 Å². The first kappa shape index (κ1) is 22.5. The van der Waals surface area contributed by atoms with Crippen molar-refractivity contribution < 1.29 is 14.6 Å². The van der Waals surface area contributed by atoms with Crippen molar-refractivity contribution in [1.82, 2.24) is 9.55 Å². The summed E-state index contributed by atoms with van der Waals surface area (Å²) in [5, 5.41) is 10.6. The molecule has 30 heavy (non-hydrogen) atoms. The van der Waals surface area contributed by atoms with Crippen LogP contribution < -0.4 is 0 Å². The maximum Gasteiger partial charge on any atom is 0.331 e. The molecule has 1 aromatic heterocycles. The average Bonchev–Trinajstić information content (AvgIpc) is 3.11. The van der Waals surface area contributed by atoms with Gasteiger partial charge >= 0.3 is 5.97 Å². The molecule has 1 heterocycles. The number of fused-ring (bicyclic) bond motifs is 1. The molecule has 0 radical (unpaired) electrons. The van der Waals surface area contributed by atoms with Crippen LogP contribution in [0.4, 0.5) is 0 Å².